The minimum absolute atomic E-state index is 0.00850. The minimum Gasteiger partial charge on any atom is -0.396 e. The lowest BCUT2D eigenvalue weighted by molar-refractivity contribution is -0.122. The van der Waals surface area contributed by atoms with Crippen molar-refractivity contribution >= 4 is 17.5 Å². The number of nitrogens with two attached hydrogens (primary N) is 1. The lowest BCUT2D eigenvalue weighted by Gasteiger charge is -2.20. The number of carbonyl (C=O) groups is 2. The minimum atomic E-state index is -1.10. The SMILES string of the molecule is CC(C)(C)NC(=O)CCNC(=O)c1c(F)ccc(N)c1F. The molecule has 0 spiro atoms. The maximum absolute atomic E-state index is 13.6. The van der Waals surface area contributed by atoms with E-state index in [0.717, 1.165) is 12.1 Å². The van der Waals surface area contributed by atoms with Crippen LogP contribution in [0.5, 0.6) is 0 Å². The lowest BCUT2D eigenvalue weighted by atomic mass is 10.1. The summed E-state index contributed by atoms with van der Waals surface area (Å²) in [5.41, 5.74) is 3.85. The molecule has 0 aliphatic rings. The standard InChI is InChI=1S/C14H19F2N3O2/c1-14(2,3)19-10(20)6-7-18-13(21)11-8(15)4-5-9(17)12(11)16/h4-5H,6-7,17H2,1-3H3,(H,18,21)(H,19,20). The molecule has 0 atom stereocenters. The average molecular weight is 299 g/mol. The predicted molar refractivity (Wildman–Crippen MR) is 75.6 cm³/mol. The van der Waals surface area contributed by atoms with Gasteiger partial charge in [0.05, 0.1) is 5.69 Å². The van der Waals surface area contributed by atoms with Gasteiger partial charge in [0.25, 0.3) is 5.91 Å². The van der Waals surface area contributed by atoms with E-state index in [1.165, 1.54) is 0 Å². The van der Waals surface area contributed by atoms with E-state index in [9.17, 15) is 18.4 Å². The zero-order valence-corrected chi connectivity index (χ0v) is 12.2. The van der Waals surface area contributed by atoms with Crippen LogP contribution in [0, 0.1) is 11.6 Å². The van der Waals surface area contributed by atoms with E-state index in [1.807, 2.05) is 20.8 Å². The number of hydrogen-bond donors (Lipinski definition) is 3. The van der Waals surface area contributed by atoms with Gasteiger partial charge in [-0.15, -0.1) is 0 Å². The van der Waals surface area contributed by atoms with E-state index < -0.39 is 23.1 Å². The fourth-order valence-electron chi connectivity index (χ4n) is 1.64. The van der Waals surface area contributed by atoms with Gasteiger partial charge < -0.3 is 16.4 Å². The summed E-state index contributed by atoms with van der Waals surface area (Å²) in [5.74, 6) is -3.32. The van der Waals surface area contributed by atoms with Crippen LogP contribution >= 0.6 is 0 Å². The zero-order chi connectivity index (χ0) is 16.2. The maximum Gasteiger partial charge on any atom is 0.257 e. The molecule has 0 aromatic heterocycles. The van der Waals surface area contributed by atoms with Crippen LogP contribution in [0.4, 0.5) is 14.5 Å². The number of anilines is 1. The predicted octanol–water partition coefficient (Wildman–Crippen LogP) is 1.58. The molecule has 0 unspecified atom stereocenters. The Morgan fingerprint density at radius 2 is 1.86 bits per heavy atom. The quantitative estimate of drug-likeness (QED) is 0.738. The highest BCUT2D eigenvalue weighted by molar-refractivity contribution is 5.95. The Bertz CT molecular complexity index is 554. The molecule has 4 N–H and O–H groups in total. The van der Waals surface area contributed by atoms with Crippen molar-refractivity contribution in [1.82, 2.24) is 10.6 Å². The fourth-order valence-corrected chi connectivity index (χ4v) is 1.64. The number of rotatable bonds is 4. The Hall–Kier alpha value is -2.18. The van der Waals surface area contributed by atoms with Crippen molar-refractivity contribution in [2.24, 2.45) is 0 Å². The Morgan fingerprint density at radius 3 is 2.43 bits per heavy atom. The summed E-state index contributed by atoms with van der Waals surface area (Å²) in [5, 5.41) is 5.00. The van der Waals surface area contributed by atoms with Crippen LogP contribution < -0.4 is 16.4 Å². The van der Waals surface area contributed by atoms with Crippen molar-refractivity contribution in [2.45, 2.75) is 32.7 Å². The highest BCUT2D eigenvalue weighted by Gasteiger charge is 2.20. The number of nitrogens with one attached hydrogen (secondary N) is 2. The highest BCUT2D eigenvalue weighted by atomic mass is 19.1. The molecule has 1 aromatic rings. The molecular formula is C14H19F2N3O2. The molecule has 5 nitrogen and oxygen atoms in total. The molecule has 0 fully saturated rings. The summed E-state index contributed by atoms with van der Waals surface area (Å²) < 4.78 is 27.1. The Labute approximate surface area is 121 Å². The molecule has 0 saturated carbocycles. The summed E-state index contributed by atoms with van der Waals surface area (Å²) in [7, 11) is 0. The Kier molecular flexibility index (Phi) is 5.23. The maximum atomic E-state index is 13.6. The second-order valence-electron chi connectivity index (χ2n) is 5.63. The number of nitrogen functional groups attached to an aromatic ring is 1. The number of hydrogen-bond acceptors (Lipinski definition) is 3. The first kappa shape index (κ1) is 16.9. The first-order chi connectivity index (χ1) is 9.61. The van der Waals surface area contributed by atoms with Crippen molar-refractivity contribution in [3.63, 3.8) is 0 Å². The van der Waals surface area contributed by atoms with Crippen LogP contribution in [0.25, 0.3) is 0 Å². The number of halogens is 2. The molecule has 0 saturated heterocycles. The van der Waals surface area contributed by atoms with Crippen LogP contribution in [0.15, 0.2) is 12.1 Å². The number of carbonyl (C=O) groups excluding carboxylic acids is 2. The van der Waals surface area contributed by atoms with Crippen molar-refractivity contribution < 1.29 is 18.4 Å². The Morgan fingerprint density at radius 1 is 1.24 bits per heavy atom. The molecule has 21 heavy (non-hydrogen) atoms. The first-order valence-electron chi connectivity index (χ1n) is 6.44. The zero-order valence-electron chi connectivity index (χ0n) is 12.2. The molecule has 7 heteroatoms. The molecule has 116 valence electrons. The average Bonchev–Trinajstić information content (AvgIpc) is 2.32. The van der Waals surface area contributed by atoms with Gasteiger partial charge in [0, 0.05) is 18.5 Å². The van der Waals surface area contributed by atoms with Crippen LogP contribution in [-0.4, -0.2) is 23.9 Å². The third-order valence-corrected chi connectivity index (χ3v) is 2.50. The normalized spacial score (nSPS) is 11.1. The summed E-state index contributed by atoms with van der Waals surface area (Å²) in [6, 6.07) is 1.96. The summed E-state index contributed by atoms with van der Waals surface area (Å²) in [6.45, 7) is 5.43. The van der Waals surface area contributed by atoms with Gasteiger partial charge >= 0.3 is 0 Å². The molecule has 0 aliphatic heterocycles. The first-order valence-corrected chi connectivity index (χ1v) is 6.44. The van der Waals surface area contributed by atoms with E-state index in [4.69, 9.17) is 5.73 Å². The molecule has 1 rings (SSSR count). The van der Waals surface area contributed by atoms with Crippen molar-refractivity contribution in [1.29, 1.82) is 0 Å². The molecule has 0 heterocycles. The van der Waals surface area contributed by atoms with Crippen molar-refractivity contribution in [2.75, 3.05) is 12.3 Å². The van der Waals surface area contributed by atoms with Gasteiger partial charge in [0.1, 0.15) is 11.4 Å². The molecule has 0 radical (unpaired) electrons. The van der Waals surface area contributed by atoms with Gasteiger partial charge in [0.15, 0.2) is 5.82 Å². The van der Waals surface area contributed by atoms with E-state index in [-0.39, 0.29) is 30.1 Å². The van der Waals surface area contributed by atoms with Crippen LogP contribution in [0.2, 0.25) is 0 Å². The number of benzene rings is 1. The van der Waals surface area contributed by atoms with Gasteiger partial charge in [-0.3, -0.25) is 9.59 Å². The van der Waals surface area contributed by atoms with Crippen molar-refractivity contribution in [3.8, 4) is 0 Å². The second kappa shape index (κ2) is 6.51. The second-order valence-corrected chi connectivity index (χ2v) is 5.63. The topological polar surface area (TPSA) is 84.2 Å². The monoisotopic (exact) mass is 299 g/mol. The van der Waals surface area contributed by atoms with Crippen LogP contribution in [0.1, 0.15) is 37.6 Å². The number of amides is 2. The van der Waals surface area contributed by atoms with Gasteiger partial charge in [-0.1, -0.05) is 0 Å². The molecular weight excluding hydrogens is 280 g/mol. The third-order valence-electron chi connectivity index (χ3n) is 2.50. The van der Waals surface area contributed by atoms with Gasteiger partial charge in [-0.05, 0) is 32.9 Å². The van der Waals surface area contributed by atoms with Crippen LogP contribution in [0.3, 0.4) is 0 Å². The van der Waals surface area contributed by atoms with E-state index in [2.05, 4.69) is 10.6 Å². The third kappa shape index (κ3) is 5.02. The summed E-state index contributed by atoms with van der Waals surface area (Å²) in [6.07, 6.45) is 0.00850. The van der Waals surface area contributed by atoms with Gasteiger partial charge in [0.2, 0.25) is 5.91 Å². The summed E-state index contributed by atoms with van der Waals surface area (Å²) >= 11 is 0. The van der Waals surface area contributed by atoms with Crippen molar-refractivity contribution in [3.05, 3.63) is 29.3 Å². The van der Waals surface area contributed by atoms with E-state index in [1.54, 1.807) is 0 Å². The largest absolute Gasteiger partial charge is 0.396 e. The summed E-state index contributed by atoms with van der Waals surface area (Å²) in [4.78, 5) is 23.3. The lowest BCUT2D eigenvalue weighted by Crippen LogP contribution is -2.42. The molecule has 2 amide bonds. The molecule has 0 bridgehead atoms. The fraction of sp³-hybridized carbons (Fsp3) is 0.429. The van der Waals surface area contributed by atoms with Gasteiger partial charge in [-0.2, -0.15) is 0 Å². The van der Waals surface area contributed by atoms with E-state index >= 15 is 0 Å². The van der Waals surface area contributed by atoms with Gasteiger partial charge in [-0.25, -0.2) is 8.78 Å². The highest BCUT2D eigenvalue weighted by Crippen LogP contribution is 2.18. The smallest absolute Gasteiger partial charge is 0.257 e. The van der Waals surface area contributed by atoms with E-state index in [0.29, 0.717) is 0 Å². The Balaban J connectivity index is 2.60. The molecule has 1 aromatic carbocycles. The molecule has 0 aliphatic carbocycles. The van der Waals surface area contributed by atoms with Crippen LogP contribution in [-0.2, 0) is 4.79 Å².